The zero-order chi connectivity index (χ0) is 14.7. The number of halogens is 2. The lowest BCUT2D eigenvalue weighted by molar-refractivity contribution is -0.384. The first-order valence-electron chi connectivity index (χ1n) is 5.69. The van der Waals surface area contributed by atoms with Gasteiger partial charge in [0.25, 0.3) is 5.69 Å². The fourth-order valence-corrected chi connectivity index (χ4v) is 2.72. The molecule has 0 spiro atoms. The summed E-state index contributed by atoms with van der Waals surface area (Å²) in [5.74, 6) is -0.00967. The fraction of sp³-hybridized carbons (Fsp3) is 0.0714. The number of nitro benzene ring substituents is 1. The van der Waals surface area contributed by atoms with E-state index in [-0.39, 0.29) is 17.9 Å². The molecule has 0 aliphatic heterocycles. The van der Waals surface area contributed by atoms with E-state index in [1.165, 1.54) is 12.1 Å². The molecule has 0 heterocycles. The second-order valence-electron chi connectivity index (χ2n) is 4.15. The van der Waals surface area contributed by atoms with Crippen molar-refractivity contribution in [3.05, 3.63) is 71.7 Å². The normalized spacial score (nSPS) is 10.3. The van der Waals surface area contributed by atoms with Gasteiger partial charge in [0.05, 0.1) is 4.92 Å². The van der Waals surface area contributed by atoms with Crippen LogP contribution in [-0.2, 0) is 6.42 Å². The number of benzene rings is 2. The molecule has 4 nitrogen and oxygen atoms in total. The number of rotatable bonds is 4. The predicted molar refractivity (Wildman–Crippen MR) is 88.0 cm³/mol. The lowest BCUT2D eigenvalue weighted by Crippen LogP contribution is -2.05. The van der Waals surface area contributed by atoms with E-state index in [4.69, 9.17) is 0 Å². The first-order chi connectivity index (χ1) is 9.47. The van der Waals surface area contributed by atoms with E-state index < -0.39 is 4.92 Å². The van der Waals surface area contributed by atoms with E-state index in [0.29, 0.717) is 5.56 Å². The van der Waals surface area contributed by atoms with E-state index in [9.17, 15) is 14.9 Å². The van der Waals surface area contributed by atoms with Gasteiger partial charge in [-0.1, -0.05) is 28.1 Å². The molecule has 2 aromatic carbocycles. The van der Waals surface area contributed by atoms with Gasteiger partial charge in [0.15, 0.2) is 5.78 Å². The highest BCUT2D eigenvalue weighted by molar-refractivity contribution is 14.1. The van der Waals surface area contributed by atoms with Gasteiger partial charge in [0, 0.05) is 32.2 Å². The van der Waals surface area contributed by atoms with Crippen molar-refractivity contribution in [3.63, 3.8) is 0 Å². The third-order valence-electron chi connectivity index (χ3n) is 2.74. The van der Waals surface area contributed by atoms with Crippen LogP contribution in [0, 0.1) is 13.7 Å². The molecular formula is C14H9BrINO3. The number of carbonyl (C=O) groups is 1. The zero-order valence-corrected chi connectivity index (χ0v) is 13.9. The molecule has 0 N–H and O–H groups in total. The first kappa shape index (κ1) is 15.1. The molecule has 0 aliphatic carbocycles. The number of nitro groups is 1. The minimum absolute atomic E-state index is 0.00967. The van der Waals surface area contributed by atoms with E-state index in [1.807, 2.05) is 12.1 Å². The van der Waals surface area contributed by atoms with Gasteiger partial charge in [-0.3, -0.25) is 14.9 Å². The largest absolute Gasteiger partial charge is 0.294 e. The number of non-ortho nitro benzene ring substituents is 1. The van der Waals surface area contributed by atoms with Crippen LogP contribution in [0.1, 0.15) is 15.9 Å². The molecule has 0 saturated carbocycles. The molecular weight excluding hydrogens is 437 g/mol. The summed E-state index contributed by atoms with van der Waals surface area (Å²) in [5.41, 5.74) is 1.44. The quantitative estimate of drug-likeness (QED) is 0.303. The van der Waals surface area contributed by atoms with E-state index in [0.717, 1.165) is 13.6 Å². The van der Waals surface area contributed by atoms with Crippen LogP contribution in [0.3, 0.4) is 0 Å². The van der Waals surface area contributed by atoms with Crippen LogP contribution in [0.25, 0.3) is 0 Å². The summed E-state index contributed by atoms with van der Waals surface area (Å²) in [6, 6.07) is 11.6. The van der Waals surface area contributed by atoms with Crippen LogP contribution in [-0.4, -0.2) is 10.7 Å². The Balaban J connectivity index is 2.19. The van der Waals surface area contributed by atoms with Crippen LogP contribution in [0.4, 0.5) is 5.69 Å². The highest BCUT2D eigenvalue weighted by Crippen LogP contribution is 2.21. The maximum atomic E-state index is 12.2. The minimum atomic E-state index is -0.456. The van der Waals surface area contributed by atoms with E-state index >= 15 is 0 Å². The monoisotopic (exact) mass is 445 g/mol. The Morgan fingerprint density at radius 2 is 1.85 bits per heavy atom. The molecule has 0 aromatic heterocycles. The Labute approximate surface area is 137 Å². The molecule has 0 amide bonds. The van der Waals surface area contributed by atoms with Gasteiger partial charge in [-0.2, -0.15) is 0 Å². The zero-order valence-electron chi connectivity index (χ0n) is 10.2. The summed E-state index contributed by atoms with van der Waals surface area (Å²) in [5, 5.41) is 10.6. The van der Waals surface area contributed by atoms with Crippen molar-refractivity contribution in [2.24, 2.45) is 0 Å². The van der Waals surface area contributed by atoms with Crippen molar-refractivity contribution >= 4 is 50.0 Å². The molecule has 0 bridgehead atoms. The topological polar surface area (TPSA) is 60.2 Å². The Bertz CT molecular complexity index is 671. The standard InChI is InChI=1S/C14H9BrINO3/c15-10-3-6-13(16)12(8-10)14(18)7-9-1-4-11(5-2-9)17(19)20/h1-6,8H,7H2. The summed E-state index contributed by atoms with van der Waals surface area (Å²) in [4.78, 5) is 22.4. The minimum Gasteiger partial charge on any atom is -0.294 e. The first-order valence-corrected chi connectivity index (χ1v) is 7.56. The number of nitrogens with zero attached hydrogens (tertiary/aromatic N) is 1. The van der Waals surface area contributed by atoms with Gasteiger partial charge in [0.2, 0.25) is 0 Å². The fourth-order valence-electron chi connectivity index (χ4n) is 1.73. The maximum Gasteiger partial charge on any atom is 0.269 e. The number of carbonyl (C=O) groups excluding carboxylic acids is 1. The van der Waals surface area contributed by atoms with Gasteiger partial charge in [-0.25, -0.2) is 0 Å². The van der Waals surface area contributed by atoms with Crippen LogP contribution >= 0.6 is 38.5 Å². The Morgan fingerprint density at radius 3 is 2.45 bits per heavy atom. The van der Waals surface area contributed by atoms with Gasteiger partial charge in [0.1, 0.15) is 0 Å². The molecule has 0 atom stereocenters. The van der Waals surface area contributed by atoms with Crippen molar-refractivity contribution in [1.82, 2.24) is 0 Å². The number of hydrogen-bond donors (Lipinski definition) is 0. The highest BCUT2D eigenvalue weighted by Gasteiger charge is 2.12. The Morgan fingerprint density at radius 1 is 1.20 bits per heavy atom. The predicted octanol–water partition coefficient (Wildman–Crippen LogP) is 4.39. The van der Waals surface area contributed by atoms with Crippen LogP contribution in [0.5, 0.6) is 0 Å². The summed E-state index contributed by atoms with van der Waals surface area (Å²) < 4.78 is 1.74. The molecule has 2 aromatic rings. The van der Waals surface area contributed by atoms with Crippen molar-refractivity contribution in [2.75, 3.05) is 0 Å². The number of ketones is 1. The van der Waals surface area contributed by atoms with Crippen LogP contribution < -0.4 is 0 Å². The van der Waals surface area contributed by atoms with Gasteiger partial charge in [-0.15, -0.1) is 0 Å². The molecule has 6 heteroatoms. The molecule has 0 aliphatic rings. The maximum absolute atomic E-state index is 12.2. The van der Waals surface area contributed by atoms with E-state index in [1.54, 1.807) is 18.2 Å². The smallest absolute Gasteiger partial charge is 0.269 e. The average Bonchev–Trinajstić information content (AvgIpc) is 2.42. The number of Topliss-reactive ketones (excluding diaryl/α,β-unsaturated/α-hetero) is 1. The molecule has 0 unspecified atom stereocenters. The third kappa shape index (κ3) is 3.63. The second-order valence-corrected chi connectivity index (χ2v) is 6.23. The van der Waals surface area contributed by atoms with Gasteiger partial charge < -0.3 is 0 Å². The van der Waals surface area contributed by atoms with Gasteiger partial charge >= 0.3 is 0 Å². The lowest BCUT2D eigenvalue weighted by Gasteiger charge is -2.05. The van der Waals surface area contributed by atoms with Crippen LogP contribution in [0.2, 0.25) is 0 Å². The summed E-state index contributed by atoms with van der Waals surface area (Å²) in [6.07, 6.45) is 0.227. The molecule has 2 rings (SSSR count). The summed E-state index contributed by atoms with van der Waals surface area (Å²) in [6.45, 7) is 0. The second kappa shape index (κ2) is 6.45. The Kier molecular flexibility index (Phi) is 4.87. The Hall–Kier alpha value is -1.28. The summed E-state index contributed by atoms with van der Waals surface area (Å²) in [7, 11) is 0. The highest BCUT2D eigenvalue weighted by atomic mass is 127. The molecule has 0 saturated heterocycles. The summed E-state index contributed by atoms with van der Waals surface area (Å²) >= 11 is 5.46. The number of hydrogen-bond acceptors (Lipinski definition) is 3. The van der Waals surface area contributed by atoms with Crippen molar-refractivity contribution in [2.45, 2.75) is 6.42 Å². The van der Waals surface area contributed by atoms with Crippen molar-refractivity contribution in [1.29, 1.82) is 0 Å². The lowest BCUT2D eigenvalue weighted by atomic mass is 10.0. The van der Waals surface area contributed by atoms with Crippen molar-refractivity contribution < 1.29 is 9.72 Å². The molecule has 0 radical (unpaired) electrons. The molecule has 20 heavy (non-hydrogen) atoms. The van der Waals surface area contributed by atoms with E-state index in [2.05, 4.69) is 38.5 Å². The SMILES string of the molecule is O=C(Cc1ccc([N+](=O)[O-])cc1)c1cc(Br)ccc1I. The molecule has 102 valence electrons. The van der Waals surface area contributed by atoms with Gasteiger partial charge in [-0.05, 0) is 46.4 Å². The molecule has 0 fully saturated rings. The van der Waals surface area contributed by atoms with Crippen molar-refractivity contribution in [3.8, 4) is 0 Å². The third-order valence-corrected chi connectivity index (χ3v) is 4.17. The van der Waals surface area contributed by atoms with Crippen LogP contribution in [0.15, 0.2) is 46.9 Å². The average molecular weight is 446 g/mol.